The van der Waals surface area contributed by atoms with Gasteiger partial charge in [0.25, 0.3) is 0 Å². The minimum atomic E-state index is 0.173. The highest BCUT2D eigenvalue weighted by Crippen LogP contribution is 2.09. The number of nitrogens with one attached hydrogen (secondary N) is 1. The van der Waals surface area contributed by atoms with Crippen LogP contribution in [0, 0.1) is 0 Å². The van der Waals surface area contributed by atoms with Crippen molar-refractivity contribution in [3.05, 3.63) is 12.3 Å². The van der Waals surface area contributed by atoms with Gasteiger partial charge < -0.3 is 14.8 Å². The molecule has 1 atom stereocenters. The van der Waals surface area contributed by atoms with Crippen LogP contribution in [0.3, 0.4) is 0 Å². The lowest BCUT2D eigenvalue weighted by atomic mass is 10.4. The molecule has 0 bridgehead atoms. The van der Waals surface area contributed by atoms with Gasteiger partial charge in [0.1, 0.15) is 0 Å². The number of ether oxygens (including phenoxy) is 2. The van der Waals surface area contributed by atoms with Crippen molar-refractivity contribution in [2.75, 3.05) is 25.6 Å². The SMILES string of the molecule is CCCOc1ccnc(NC(C)COC)n1. The van der Waals surface area contributed by atoms with E-state index in [1.807, 2.05) is 6.92 Å². The van der Waals surface area contributed by atoms with E-state index in [1.165, 1.54) is 0 Å². The Labute approximate surface area is 96.2 Å². The van der Waals surface area contributed by atoms with Crippen molar-refractivity contribution in [1.29, 1.82) is 0 Å². The number of aromatic nitrogens is 2. The molecule has 1 unspecified atom stereocenters. The van der Waals surface area contributed by atoms with Gasteiger partial charge in [0.2, 0.25) is 11.8 Å². The lowest BCUT2D eigenvalue weighted by Gasteiger charge is -2.12. The number of nitrogens with zero attached hydrogens (tertiary/aromatic N) is 2. The Morgan fingerprint density at radius 1 is 1.50 bits per heavy atom. The summed E-state index contributed by atoms with van der Waals surface area (Å²) in [6, 6.07) is 1.92. The molecule has 0 aliphatic heterocycles. The molecule has 0 amide bonds. The Hall–Kier alpha value is -1.36. The van der Waals surface area contributed by atoms with Gasteiger partial charge in [0.15, 0.2) is 0 Å². The summed E-state index contributed by atoms with van der Waals surface area (Å²) in [5, 5.41) is 3.13. The first-order chi connectivity index (χ1) is 7.76. The standard InChI is InChI=1S/C11H19N3O2/c1-4-7-16-10-5-6-12-11(14-10)13-9(2)8-15-3/h5-6,9H,4,7-8H2,1-3H3,(H,12,13,14). The lowest BCUT2D eigenvalue weighted by molar-refractivity contribution is 0.190. The van der Waals surface area contributed by atoms with Gasteiger partial charge >= 0.3 is 0 Å². The van der Waals surface area contributed by atoms with Gasteiger partial charge in [-0.05, 0) is 13.3 Å². The fourth-order valence-electron chi connectivity index (χ4n) is 1.21. The smallest absolute Gasteiger partial charge is 0.226 e. The number of hydrogen-bond donors (Lipinski definition) is 1. The summed E-state index contributed by atoms with van der Waals surface area (Å²) in [6.07, 6.45) is 2.65. The molecular weight excluding hydrogens is 206 g/mol. The maximum Gasteiger partial charge on any atom is 0.226 e. The molecule has 5 heteroatoms. The fraction of sp³-hybridized carbons (Fsp3) is 0.636. The molecule has 0 saturated carbocycles. The summed E-state index contributed by atoms with van der Waals surface area (Å²) < 4.78 is 10.4. The van der Waals surface area contributed by atoms with Gasteiger partial charge in [-0.15, -0.1) is 0 Å². The van der Waals surface area contributed by atoms with E-state index >= 15 is 0 Å². The van der Waals surface area contributed by atoms with E-state index in [9.17, 15) is 0 Å². The van der Waals surface area contributed by atoms with Crippen LogP contribution in [0.2, 0.25) is 0 Å². The van der Waals surface area contributed by atoms with Crippen molar-refractivity contribution in [2.45, 2.75) is 26.3 Å². The van der Waals surface area contributed by atoms with Crippen LogP contribution >= 0.6 is 0 Å². The Morgan fingerprint density at radius 3 is 3.00 bits per heavy atom. The molecule has 0 aliphatic rings. The second kappa shape index (κ2) is 7.00. The summed E-state index contributed by atoms with van der Waals surface area (Å²) in [5.41, 5.74) is 0. The quantitative estimate of drug-likeness (QED) is 0.765. The molecule has 1 aromatic heterocycles. The highest BCUT2D eigenvalue weighted by Gasteiger charge is 2.04. The lowest BCUT2D eigenvalue weighted by Crippen LogP contribution is -2.22. The predicted octanol–water partition coefficient (Wildman–Crippen LogP) is 1.71. The van der Waals surface area contributed by atoms with E-state index in [2.05, 4.69) is 22.2 Å². The minimum absolute atomic E-state index is 0.173. The van der Waals surface area contributed by atoms with Crippen LogP contribution in [-0.4, -0.2) is 36.3 Å². The molecule has 1 rings (SSSR count). The molecule has 90 valence electrons. The van der Waals surface area contributed by atoms with Gasteiger partial charge in [-0.2, -0.15) is 4.98 Å². The molecule has 16 heavy (non-hydrogen) atoms. The molecule has 1 heterocycles. The first-order valence-corrected chi connectivity index (χ1v) is 5.47. The zero-order valence-electron chi connectivity index (χ0n) is 10.1. The third-order valence-electron chi connectivity index (χ3n) is 1.88. The molecule has 0 saturated heterocycles. The average Bonchev–Trinajstić information content (AvgIpc) is 2.27. The molecule has 1 aromatic rings. The van der Waals surface area contributed by atoms with E-state index in [0.717, 1.165) is 6.42 Å². The fourth-order valence-corrected chi connectivity index (χ4v) is 1.21. The monoisotopic (exact) mass is 225 g/mol. The predicted molar refractivity (Wildman–Crippen MR) is 62.8 cm³/mol. The van der Waals surface area contributed by atoms with Gasteiger partial charge in [-0.25, -0.2) is 4.98 Å². The number of hydrogen-bond acceptors (Lipinski definition) is 5. The molecule has 0 radical (unpaired) electrons. The van der Waals surface area contributed by atoms with Crippen molar-refractivity contribution in [3.8, 4) is 5.88 Å². The molecule has 1 N–H and O–H groups in total. The number of rotatable bonds is 7. The summed E-state index contributed by atoms with van der Waals surface area (Å²) in [7, 11) is 1.67. The Balaban J connectivity index is 2.52. The second-order valence-electron chi connectivity index (χ2n) is 3.57. The third kappa shape index (κ3) is 4.44. The summed E-state index contributed by atoms with van der Waals surface area (Å²) in [4.78, 5) is 8.34. The maximum absolute atomic E-state index is 5.41. The highest BCUT2D eigenvalue weighted by molar-refractivity contribution is 5.28. The molecule has 5 nitrogen and oxygen atoms in total. The highest BCUT2D eigenvalue weighted by atomic mass is 16.5. The van der Waals surface area contributed by atoms with Gasteiger partial charge in [0, 0.05) is 25.4 Å². The zero-order valence-corrected chi connectivity index (χ0v) is 10.1. The summed E-state index contributed by atoms with van der Waals surface area (Å²) in [5.74, 6) is 1.17. The Bertz CT molecular complexity index is 307. The summed E-state index contributed by atoms with van der Waals surface area (Å²) in [6.45, 7) is 5.35. The summed E-state index contributed by atoms with van der Waals surface area (Å²) >= 11 is 0. The van der Waals surface area contributed by atoms with Crippen LogP contribution < -0.4 is 10.1 Å². The van der Waals surface area contributed by atoms with Crippen molar-refractivity contribution in [1.82, 2.24) is 9.97 Å². The number of anilines is 1. The van der Waals surface area contributed by atoms with E-state index < -0.39 is 0 Å². The van der Waals surface area contributed by atoms with Crippen LogP contribution in [0.15, 0.2) is 12.3 Å². The van der Waals surface area contributed by atoms with Crippen molar-refractivity contribution < 1.29 is 9.47 Å². The van der Waals surface area contributed by atoms with Crippen molar-refractivity contribution in [2.24, 2.45) is 0 Å². The van der Waals surface area contributed by atoms with Crippen LogP contribution in [0.25, 0.3) is 0 Å². The zero-order chi connectivity index (χ0) is 11.8. The van der Waals surface area contributed by atoms with E-state index in [4.69, 9.17) is 9.47 Å². The van der Waals surface area contributed by atoms with E-state index in [1.54, 1.807) is 19.4 Å². The first-order valence-electron chi connectivity index (χ1n) is 5.47. The maximum atomic E-state index is 5.41. The Morgan fingerprint density at radius 2 is 2.31 bits per heavy atom. The van der Waals surface area contributed by atoms with Gasteiger partial charge in [-0.1, -0.05) is 6.92 Å². The molecule has 0 fully saturated rings. The van der Waals surface area contributed by atoms with Crippen LogP contribution in [0.4, 0.5) is 5.95 Å². The van der Waals surface area contributed by atoms with Crippen LogP contribution in [-0.2, 0) is 4.74 Å². The molecule has 0 spiro atoms. The average molecular weight is 225 g/mol. The molecule has 0 aromatic carbocycles. The second-order valence-corrected chi connectivity index (χ2v) is 3.57. The van der Waals surface area contributed by atoms with Gasteiger partial charge in [0.05, 0.1) is 13.2 Å². The first kappa shape index (κ1) is 12.7. The molecular formula is C11H19N3O2. The molecule has 0 aliphatic carbocycles. The topological polar surface area (TPSA) is 56.3 Å². The normalized spacial score (nSPS) is 12.2. The van der Waals surface area contributed by atoms with Crippen LogP contribution in [0.1, 0.15) is 20.3 Å². The third-order valence-corrected chi connectivity index (χ3v) is 1.88. The Kier molecular flexibility index (Phi) is 5.56. The van der Waals surface area contributed by atoms with Crippen LogP contribution in [0.5, 0.6) is 5.88 Å². The number of methoxy groups -OCH3 is 1. The van der Waals surface area contributed by atoms with Crippen molar-refractivity contribution >= 4 is 5.95 Å². The minimum Gasteiger partial charge on any atom is -0.478 e. The van der Waals surface area contributed by atoms with Gasteiger partial charge in [-0.3, -0.25) is 0 Å². The largest absolute Gasteiger partial charge is 0.478 e. The van der Waals surface area contributed by atoms with E-state index in [-0.39, 0.29) is 6.04 Å². The van der Waals surface area contributed by atoms with Crippen molar-refractivity contribution in [3.63, 3.8) is 0 Å². The van der Waals surface area contributed by atoms with E-state index in [0.29, 0.717) is 25.0 Å².